The first-order valence-corrected chi connectivity index (χ1v) is 9.13. The van der Waals surface area contributed by atoms with Crippen LogP contribution in [-0.2, 0) is 9.84 Å². The molecule has 1 fully saturated rings. The molecule has 4 nitrogen and oxygen atoms in total. The quantitative estimate of drug-likeness (QED) is 0.855. The molecule has 0 saturated carbocycles. The lowest BCUT2D eigenvalue weighted by molar-refractivity contribution is 0.569. The van der Waals surface area contributed by atoms with Gasteiger partial charge >= 0.3 is 0 Å². The molecular weight excluding hydrogens is 292 g/mol. The lowest BCUT2D eigenvalue weighted by atomic mass is 10.2. The van der Waals surface area contributed by atoms with Gasteiger partial charge in [-0.05, 0) is 6.92 Å². The van der Waals surface area contributed by atoms with E-state index < -0.39 is 9.84 Å². The van der Waals surface area contributed by atoms with Crippen molar-refractivity contribution in [1.29, 1.82) is 0 Å². The molecule has 0 amide bonds. The van der Waals surface area contributed by atoms with Crippen molar-refractivity contribution in [2.24, 2.45) is 0 Å². The Morgan fingerprint density at radius 3 is 2.75 bits per heavy atom. The van der Waals surface area contributed by atoms with Gasteiger partial charge in [-0.3, -0.25) is 0 Å². The van der Waals surface area contributed by atoms with E-state index in [2.05, 4.69) is 9.88 Å². The van der Waals surface area contributed by atoms with Crippen LogP contribution in [0, 0.1) is 0 Å². The maximum atomic E-state index is 11.7. The highest BCUT2D eigenvalue weighted by Gasteiger charge is 2.30. The number of sulfone groups is 1. The van der Waals surface area contributed by atoms with E-state index in [9.17, 15) is 8.42 Å². The summed E-state index contributed by atoms with van der Waals surface area (Å²) in [6.07, 6.45) is 0. The molecule has 0 bridgehead atoms. The van der Waals surface area contributed by atoms with Crippen LogP contribution in [0.1, 0.15) is 6.92 Å². The Morgan fingerprint density at radius 2 is 2.05 bits per heavy atom. The van der Waals surface area contributed by atoms with Gasteiger partial charge in [0.05, 0.1) is 16.7 Å². The Balaban J connectivity index is 1.82. The average Bonchev–Trinajstić information content (AvgIpc) is 2.93. The number of hydrogen-bond donors (Lipinski definition) is 0. The smallest absolute Gasteiger partial charge is 0.185 e. The summed E-state index contributed by atoms with van der Waals surface area (Å²) in [7, 11) is -2.91. The molecule has 2 heterocycles. The molecule has 6 heteroatoms. The minimum atomic E-state index is -2.91. The summed E-state index contributed by atoms with van der Waals surface area (Å²) in [5, 5.41) is 2.62. The Labute approximate surface area is 123 Å². The number of rotatable bonds is 2. The second-order valence-electron chi connectivity index (χ2n) is 5.00. The Kier molecular flexibility index (Phi) is 3.52. The van der Waals surface area contributed by atoms with Crippen molar-refractivity contribution in [3.05, 3.63) is 35.7 Å². The number of hydrogen-bond acceptors (Lipinski definition) is 5. The standard InChI is InChI=1S/C14H16N2O2S2/c1-11-9-16(7-8-20(11,17)18)14-15-13(10-19-14)12-5-3-2-4-6-12/h2-6,10-11H,7-9H2,1H3. The van der Waals surface area contributed by atoms with Gasteiger partial charge < -0.3 is 4.90 Å². The molecule has 1 aromatic heterocycles. The number of nitrogens with zero attached hydrogens (tertiary/aromatic N) is 2. The lowest BCUT2D eigenvalue weighted by Gasteiger charge is -2.30. The molecule has 2 aromatic rings. The molecule has 1 aromatic carbocycles. The monoisotopic (exact) mass is 308 g/mol. The highest BCUT2D eigenvalue weighted by atomic mass is 32.2. The Hall–Kier alpha value is -1.40. The van der Waals surface area contributed by atoms with Gasteiger partial charge in [-0.2, -0.15) is 0 Å². The third-order valence-electron chi connectivity index (χ3n) is 3.57. The highest BCUT2D eigenvalue weighted by molar-refractivity contribution is 7.92. The van der Waals surface area contributed by atoms with Crippen LogP contribution in [0.4, 0.5) is 5.13 Å². The van der Waals surface area contributed by atoms with Crippen molar-refractivity contribution in [2.45, 2.75) is 12.2 Å². The molecule has 0 aliphatic carbocycles. The first kappa shape index (κ1) is 13.6. The van der Waals surface area contributed by atoms with Crippen LogP contribution in [0.5, 0.6) is 0 Å². The van der Waals surface area contributed by atoms with Crippen molar-refractivity contribution >= 4 is 26.3 Å². The average molecular weight is 308 g/mol. The van der Waals surface area contributed by atoms with Gasteiger partial charge in [-0.15, -0.1) is 11.3 Å². The SMILES string of the molecule is CC1CN(c2nc(-c3ccccc3)cs2)CCS1(=O)=O. The predicted molar refractivity (Wildman–Crippen MR) is 83.0 cm³/mol. The van der Waals surface area contributed by atoms with Gasteiger partial charge in [0.2, 0.25) is 0 Å². The van der Waals surface area contributed by atoms with Crippen LogP contribution in [0.15, 0.2) is 35.7 Å². The second-order valence-corrected chi connectivity index (χ2v) is 8.38. The van der Waals surface area contributed by atoms with E-state index in [1.54, 1.807) is 18.3 Å². The third kappa shape index (κ3) is 2.58. The summed E-state index contributed by atoms with van der Waals surface area (Å²) in [5.74, 6) is 0.217. The predicted octanol–water partition coefficient (Wildman–Crippen LogP) is 2.43. The fourth-order valence-corrected chi connectivity index (χ4v) is 4.43. The van der Waals surface area contributed by atoms with E-state index in [0.29, 0.717) is 13.1 Å². The van der Waals surface area contributed by atoms with Gasteiger partial charge in [0.1, 0.15) is 0 Å². The molecule has 106 valence electrons. The minimum absolute atomic E-state index is 0.217. The van der Waals surface area contributed by atoms with Crippen LogP contribution in [0.25, 0.3) is 11.3 Å². The molecule has 20 heavy (non-hydrogen) atoms. The van der Waals surface area contributed by atoms with Crippen molar-refractivity contribution < 1.29 is 8.42 Å². The van der Waals surface area contributed by atoms with Crippen LogP contribution in [-0.4, -0.2) is 37.5 Å². The fourth-order valence-electron chi connectivity index (χ4n) is 2.28. The topological polar surface area (TPSA) is 50.3 Å². The van der Waals surface area contributed by atoms with Crippen LogP contribution in [0.2, 0.25) is 0 Å². The van der Waals surface area contributed by atoms with E-state index in [1.807, 2.05) is 35.7 Å². The van der Waals surface area contributed by atoms with Gasteiger partial charge in [0.15, 0.2) is 15.0 Å². The van der Waals surface area contributed by atoms with Gasteiger partial charge in [0, 0.05) is 24.0 Å². The number of anilines is 1. The zero-order valence-electron chi connectivity index (χ0n) is 11.2. The van der Waals surface area contributed by atoms with E-state index in [4.69, 9.17) is 0 Å². The maximum Gasteiger partial charge on any atom is 0.185 e. The molecule has 1 saturated heterocycles. The maximum absolute atomic E-state index is 11.7. The number of thiazole rings is 1. The van der Waals surface area contributed by atoms with E-state index in [1.165, 1.54) is 0 Å². The summed E-state index contributed by atoms with van der Waals surface area (Å²) in [4.78, 5) is 6.71. The van der Waals surface area contributed by atoms with Gasteiger partial charge in [-0.1, -0.05) is 30.3 Å². The molecule has 0 N–H and O–H groups in total. The first-order valence-electron chi connectivity index (χ1n) is 6.54. The van der Waals surface area contributed by atoms with Crippen molar-refractivity contribution in [3.8, 4) is 11.3 Å². The fraction of sp³-hybridized carbons (Fsp3) is 0.357. The molecular formula is C14H16N2O2S2. The van der Waals surface area contributed by atoms with Crippen LogP contribution in [0.3, 0.4) is 0 Å². The van der Waals surface area contributed by atoms with Crippen molar-refractivity contribution in [3.63, 3.8) is 0 Å². The molecule has 3 rings (SSSR count). The van der Waals surface area contributed by atoms with Crippen molar-refractivity contribution in [2.75, 3.05) is 23.7 Å². The van der Waals surface area contributed by atoms with E-state index >= 15 is 0 Å². The molecule has 0 radical (unpaired) electrons. The zero-order valence-corrected chi connectivity index (χ0v) is 12.8. The number of benzene rings is 1. The van der Waals surface area contributed by atoms with Gasteiger partial charge in [0.25, 0.3) is 0 Å². The van der Waals surface area contributed by atoms with Crippen molar-refractivity contribution in [1.82, 2.24) is 4.98 Å². The van der Waals surface area contributed by atoms with Crippen LogP contribution < -0.4 is 4.90 Å². The summed E-state index contributed by atoms with van der Waals surface area (Å²) >= 11 is 1.57. The zero-order chi connectivity index (χ0) is 14.2. The normalized spacial score (nSPS) is 21.9. The summed E-state index contributed by atoms with van der Waals surface area (Å²) in [6, 6.07) is 10.0. The van der Waals surface area contributed by atoms with Crippen LogP contribution >= 0.6 is 11.3 Å². The molecule has 0 spiro atoms. The summed E-state index contributed by atoms with van der Waals surface area (Å²) in [6.45, 7) is 2.84. The third-order valence-corrected chi connectivity index (χ3v) is 6.60. The molecule has 1 aliphatic rings. The number of aromatic nitrogens is 1. The lowest BCUT2D eigenvalue weighted by Crippen LogP contribution is -2.45. The Bertz CT molecular complexity index is 695. The molecule has 1 unspecified atom stereocenters. The Morgan fingerprint density at radius 1 is 1.30 bits per heavy atom. The van der Waals surface area contributed by atoms with E-state index in [0.717, 1.165) is 16.4 Å². The molecule has 1 atom stereocenters. The van der Waals surface area contributed by atoms with Gasteiger partial charge in [-0.25, -0.2) is 13.4 Å². The second kappa shape index (κ2) is 5.18. The molecule has 1 aliphatic heterocycles. The summed E-state index contributed by atoms with van der Waals surface area (Å²) < 4.78 is 23.5. The minimum Gasteiger partial charge on any atom is -0.346 e. The summed E-state index contributed by atoms with van der Waals surface area (Å²) in [5.41, 5.74) is 2.04. The highest BCUT2D eigenvalue weighted by Crippen LogP contribution is 2.29. The largest absolute Gasteiger partial charge is 0.346 e. The first-order chi connectivity index (χ1) is 9.56. The van der Waals surface area contributed by atoms with E-state index in [-0.39, 0.29) is 11.0 Å².